The van der Waals surface area contributed by atoms with E-state index < -0.39 is 0 Å². The maximum absolute atomic E-state index is 11.8. The Morgan fingerprint density at radius 1 is 1.30 bits per heavy atom. The van der Waals surface area contributed by atoms with Crippen molar-refractivity contribution >= 4 is 28.9 Å². The Labute approximate surface area is 126 Å². The fourth-order valence-electron chi connectivity index (χ4n) is 1.85. The van der Waals surface area contributed by atoms with Crippen LogP contribution in [0.3, 0.4) is 0 Å². The summed E-state index contributed by atoms with van der Waals surface area (Å²) < 4.78 is 0. The number of carbonyl (C=O) groups excluding carboxylic acids is 1. The van der Waals surface area contributed by atoms with Gasteiger partial charge in [-0.1, -0.05) is 13.3 Å². The molecule has 20 heavy (non-hydrogen) atoms. The van der Waals surface area contributed by atoms with E-state index in [9.17, 15) is 4.79 Å². The standard InChI is InChI=1S/C15H23N3OS/c1-5-6-11(2)16-15(20)17-13-9-7-12(8-10-13)14(19)18(3)4/h7-11H,5-6H2,1-4H3,(H2,16,17,20)/t11-/m1/s1. The molecule has 1 amide bonds. The predicted octanol–water partition coefficient (Wildman–Crippen LogP) is 2.86. The van der Waals surface area contributed by atoms with Crippen molar-refractivity contribution in [1.29, 1.82) is 0 Å². The highest BCUT2D eigenvalue weighted by Gasteiger charge is 2.08. The summed E-state index contributed by atoms with van der Waals surface area (Å²) in [6.45, 7) is 4.26. The smallest absolute Gasteiger partial charge is 0.253 e. The minimum Gasteiger partial charge on any atom is -0.360 e. The number of amides is 1. The number of carbonyl (C=O) groups is 1. The summed E-state index contributed by atoms with van der Waals surface area (Å²) in [4.78, 5) is 13.3. The van der Waals surface area contributed by atoms with Crippen molar-refractivity contribution in [2.24, 2.45) is 0 Å². The number of hydrogen-bond acceptors (Lipinski definition) is 2. The fraction of sp³-hybridized carbons (Fsp3) is 0.467. The first kappa shape index (κ1) is 16.4. The van der Waals surface area contributed by atoms with E-state index in [0.717, 1.165) is 18.5 Å². The molecule has 0 aromatic heterocycles. The van der Waals surface area contributed by atoms with Gasteiger partial charge in [0.25, 0.3) is 5.91 Å². The maximum atomic E-state index is 11.8. The van der Waals surface area contributed by atoms with Crippen molar-refractivity contribution in [3.63, 3.8) is 0 Å². The minimum atomic E-state index is -0.00572. The second-order valence-corrected chi connectivity index (χ2v) is 5.47. The third kappa shape index (κ3) is 5.17. The van der Waals surface area contributed by atoms with E-state index in [1.54, 1.807) is 31.1 Å². The molecule has 4 nitrogen and oxygen atoms in total. The molecule has 0 fully saturated rings. The van der Waals surface area contributed by atoms with Crippen LogP contribution < -0.4 is 10.6 Å². The lowest BCUT2D eigenvalue weighted by molar-refractivity contribution is 0.0827. The van der Waals surface area contributed by atoms with Gasteiger partial charge in [0.1, 0.15) is 0 Å². The molecule has 0 bridgehead atoms. The van der Waals surface area contributed by atoms with E-state index in [1.165, 1.54) is 0 Å². The molecule has 0 heterocycles. The van der Waals surface area contributed by atoms with Gasteiger partial charge in [-0.3, -0.25) is 4.79 Å². The van der Waals surface area contributed by atoms with Crippen molar-refractivity contribution in [1.82, 2.24) is 10.2 Å². The third-order valence-electron chi connectivity index (χ3n) is 2.90. The zero-order valence-electron chi connectivity index (χ0n) is 12.6. The molecule has 0 saturated heterocycles. The Kier molecular flexibility index (Phi) is 6.45. The van der Waals surface area contributed by atoms with Crippen LogP contribution in [0.25, 0.3) is 0 Å². The first-order valence-corrected chi connectivity index (χ1v) is 7.24. The summed E-state index contributed by atoms with van der Waals surface area (Å²) in [7, 11) is 3.48. The molecule has 1 atom stereocenters. The van der Waals surface area contributed by atoms with E-state index in [4.69, 9.17) is 12.2 Å². The SMILES string of the molecule is CCC[C@@H](C)NC(=S)Nc1ccc(C(=O)N(C)C)cc1. The second kappa shape index (κ2) is 7.85. The molecule has 1 rings (SSSR count). The molecule has 0 aliphatic heterocycles. The normalized spacial score (nSPS) is 11.6. The number of nitrogens with one attached hydrogen (secondary N) is 2. The van der Waals surface area contributed by atoms with Crippen molar-refractivity contribution in [3.05, 3.63) is 29.8 Å². The second-order valence-electron chi connectivity index (χ2n) is 5.07. The molecule has 5 heteroatoms. The van der Waals surface area contributed by atoms with E-state index >= 15 is 0 Å². The largest absolute Gasteiger partial charge is 0.360 e. The molecular formula is C15H23N3OS. The van der Waals surface area contributed by atoms with Crippen LogP contribution in [-0.2, 0) is 0 Å². The highest BCUT2D eigenvalue weighted by Crippen LogP contribution is 2.11. The molecular weight excluding hydrogens is 270 g/mol. The Bertz CT molecular complexity index is 457. The van der Waals surface area contributed by atoms with Gasteiger partial charge in [0.05, 0.1) is 0 Å². The van der Waals surface area contributed by atoms with Crippen LogP contribution in [0, 0.1) is 0 Å². The van der Waals surface area contributed by atoms with Gasteiger partial charge in [0.2, 0.25) is 0 Å². The van der Waals surface area contributed by atoms with Gasteiger partial charge in [0.15, 0.2) is 5.11 Å². The molecule has 0 radical (unpaired) electrons. The van der Waals surface area contributed by atoms with Gasteiger partial charge in [-0.25, -0.2) is 0 Å². The Morgan fingerprint density at radius 3 is 2.40 bits per heavy atom. The Morgan fingerprint density at radius 2 is 1.90 bits per heavy atom. The third-order valence-corrected chi connectivity index (χ3v) is 3.11. The van der Waals surface area contributed by atoms with E-state index in [-0.39, 0.29) is 5.91 Å². The van der Waals surface area contributed by atoms with Crippen molar-refractivity contribution in [2.45, 2.75) is 32.7 Å². The molecule has 1 aromatic carbocycles. The van der Waals surface area contributed by atoms with E-state index in [0.29, 0.717) is 16.7 Å². The summed E-state index contributed by atoms with van der Waals surface area (Å²) in [5.41, 5.74) is 1.54. The quantitative estimate of drug-likeness (QED) is 0.819. The maximum Gasteiger partial charge on any atom is 0.253 e. The van der Waals surface area contributed by atoms with Crippen LogP contribution in [-0.4, -0.2) is 36.1 Å². The van der Waals surface area contributed by atoms with Crippen LogP contribution in [0.5, 0.6) is 0 Å². The Balaban J connectivity index is 2.57. The zero-order valence-corrected chi connectivity index (χ0v) is 13.4. The predicted molar refractivity (Wildman–Crippen MR) is 88.2 cm³/mol. The van der Waals surface area contributed by atoms with Crippen LogP contribution in [0.4, 0.5) is 5.69 Å². The minimum absolute atomic E-state index is 0.00572. The van der Waals surface area contributed by atoms with E-state index in [1.807, 2.05) is 12.1 Å². The van der Waals surface area contributed by atoms with Crippen LogP contribution in [0.15, 0.2) is 24.3 Å². The average Bonchev–Trinajstić information content (AvgIpc) is 2.38. The van der Waals surface area contributed by atoms with Gasteiger partial charge in [0, 0.05) is 31.4 Å². The molecule has 1 aromatic rings. The molecule has 0 spiro atoms. The van der Waals surface area contributed by atoms with Gasteiger partial charge >= 0.3 is 0 Å². The lowest BCUT2D eigenvalue weighted by Gasteiger charge is -2.16. The van der Waals surface area contributed by atoms with Gasteiger partial charge in [-0.05, 0) is 49.8 Å². The fourth-order valence-corrected chi connectivity index (χ4v) is 2.17. The van der Waals surface area contributed by atoms with Gasteiger partial charge < -0.3 is 15.5 Å². The summed E-state index contributed by atoms with van der Waals surface area (Å²) in [6, 6.07) is 7.66. The topological polar surface area (TPSA) is 44.4 Å². The average molecular weight is 293 g/mol. The number of rotatable bonds is 5. The summed E-state index contributed by atoms with van der Waals surface area (Å²) in [5, 5.41) is 6.96. The first-order valence-electron chi connectivity index (χ1n) is 6.83. The molecule has 0 saturated carbocycles. The highest BCUT2D eigenvalue weighted by molar-refractivity contribution is 7.80. The zero-order chi connectivity index (χ0) is 15.1. The van der Waals surface area contributed by atoms with Crippen LogP contribution in [0.2, 0.25) is 0 Å². The highest BCUT2D eigenvalue weighted by atomic mass is 32.1. The summed E-state index contributed by atoms with van der Waals surface area (Å²) in [6.07, 6.45) is 2.20. The van der Waals surface area contributed by atoms with Crippen molar-refractivity contribution in [2.75, 3.05) is 19.4 Å². The summed E-state index contributed by atoms with van der Waals surface area (Å²) in [5.74, 6) is -0.00572. The number of hydrogen-bond donors (Lipinski definition) is 2. The van der Waals surface area contributed by atoms with Gasteiger partial charge in [-0.2, -0.15) is 0 Å². The Hall–Kier alpha value is -1.62. The number of benzene rings is 1. The van der Waals surface area contributed by atoms with Crippen molar-refractivity contribution in [3.8, 4) is 0 Å². The molecule has 110 valence electrons. The molecule has 2 N–H and O–H groups in total. The molecule has 0 aliphatic carbocycles. The molecule has 0 aliphatic rings. The summed E-state index contributed by atoms with van der Waals surface area (Å²) >= 11 is 5.26. The van der Waals surface area contributed by atoms with Crippen LogP contribution >= 0.6 is 12.2 Å². The lowest BCUT2D eigenvalue weighted by atomic mass is 10.2. The number of anilines is 1. The lowest BCUT2D eigenvalue weighted by Crippen LogP contribution is -2.35. The van der Waals surface area contributed by atoms with E-state index in [2.05, 4.69) is 24.5 Å². The van der Waals surface area contributed by atoms with Crippen molar-refractivity contribution < 1.29 is 4.79 Å². The van der Waals surface area contributed by atoms with Gasteiger partial charge in [-0.15, -0.1) is 0 Å². The number of thiocarbonyl (C=S) groups is 1. The number of nitrogens with zero attached hydrogens (tertiary/aromatic N) is 1. The van der Waals surface area contributed by atoms with Crippen LogP contribution in [0.1, 0.15) is 37.0 Å². The molecule has 0 unspecified atom stereocenters. The monoisotopic (exact) mass is 293 g/mol. The first-order chi connectivity index (χ1) is 9.43.